The first-order valence-electron chi connectivity index (χ1n) is 5.98. The van der Waals surface area contributed by atoms with Gasteiger partial charge in [0.1, 0.15) is 5.75 Å². The SMILES string of the molecule is COc1cccc(C(C)CCN)c1C(C)C. The molecule has 2 heteroatoms. The molecule has 1 unspecified atom stereocenters. The molecule has 16 heavy (non-hydrogen) atoms. The molecule has 0 aliphatic carbocycles. The van der Waals surface area contributed by atoms with Gasteiger partial charge in [0.2, 0.25) is 0 Å². The van der Waals surface area contributed by atoms with Crippen molar-refractivity contribution in [3.8, 4) is 5.75 Å². The molecule has 1 atom stereocenters. The Hall–Kier alpha value is -1.02. The third-order valence-corrected chi connectivity index (χ3v) is 3.03. The highest BCUT2D eigenvalue weighted by Gasteiger charge is 2.16. The van der Waals surface area contributed by atoms with Crippen molar-refractivity contribution >= 4 is 0 Å². The standard InChI is InChI=1S/C14H23NO/c1-10(2)14-12(11(3)8-9-15)6-5-7-13(14)16-4/h5-7,10-11H,8-9,15H2,1-4H3. The second-order valence-corrected chi connectivity index (χ2v) is 4.60. The Balaban J connectivity index is 3.16. The summed E-state index contributed by atoms with van der Waals surface area (Å²) in [7, 11) is 1.73. The zero-order chi connectivity index (χ0) is 12.1. The smallest absolute Gasteiger partial charge is 0.122 e. The average molecular weight is 221 g/mol. The number of rotatable bonds is 5. The van der Waals surface area contributed by atoms with Gasteiger partial charge in [0.05, 0.1) is 7.11 Å². The molecule has 0 saturated heterocycles. The van der Waals surface area contributed by atoms with Crippen molar-refractivity contribution in [1.82, 2.24) is 0 Å². The largest absolute Gasteiger partial charge is 0.496 e. The van der Waals surface area contributed by atoms with Crippen LogP contribution in [0.15, 0.2) is 18.2 Å². The number of benzene rings is 1. The van der Waals surface area contributed by atoms with Crippen LogP contribution in [0.25, 0.3) is 0 Å². The van der Waals surface area contributed by atoms with E-state index in [4.69, 9.17) is 10.5 Å². The van der Waals surface area contributed by atoms with Crippen LogP contribution in [-0.4, -0.2) is 13.7 Å². The number of hydrogen-bond donors (Lipinski definition) is 1. The highest BCUT2D eigenvalue weighted by atomic mass is 16.5. The Morgan fingerprint density at radius 1 is 1.25 bits per heavy atom. The van der Waals surface area contributed by atoms with E-state index in [1.165, 1.54) is 11.1 Å². The zero-order valence-electron chi connectivity index (χ0n) is 10.8. The van der Waals surface area contributed by atoms with Crippen molar-refractivity contribution in [3.63, 3.8) is 0 Å². The lowest BCUT2D eigenvalue weighted by Crippen LogP contribution is -2.08. The van der Waals surface area contributed by atoms with Crippen LogP contribution in [0.2, 0.25) is 0 Å². The molecular weight excluding hydrogens is 198 g/mol. The van der Waals surface area contributed by atoms with Gasteiger partial charge in [-0.2, -0.15) is 0 Å². The predicted molar refractivity (Wildman–Crippen MR) is 69.2 cm³/mol. The highest BCUT2D eigenvalue weighted by molar-refractivity contribution is 5.44. The van der Waals surface area contributed by atoms with Crippen LogP contribution in [0.5, 0.6) is 5.75 Å². The van der Waals surface area contributed by atoms with E-state index >= 15 is 0 Å². The number of nitrogens with two attached hydrogens (primary N) is 1. The molecule has 0 aliphatic rings. The maximum absolute atomic E-state index is 5.63. The summed E-state index contributed by atoms with van der Waals surface area (Å²) >= 11 is 0. The Labute approximate surface area is 98.8 Å². The van der Waals surface area contributed by atoms with Crippen LogP contribution in [-0.2, 0) is 0 Å². The van der Waals surface area contributed by atoms with Crippen molar-refractivity contribution in [2.75, 3.05) is 13.7 Å². The van der Waals surface area contributed by atoms with Crippen LogP contribution < -0.4 is 10.5 Å². The Bertz CT molecular complexity index is 334. The van der Waals surface area contributed by atoms with E-state index in [0.717, 1.165) is 18.7 Å². The molecule has 1 rings (SSSR count). The minimum atomic E-state index is 0.478. The number of methoxy groups -OCH3 is 1. The fraction of sp³-hybridized carbons (Fsp3) is 0.571. The van der Waals surface area contributed by atoms with Crippen molar-refractivity contribution in [2.24, 2.45) is 5.73 Å². The van der Waals surface area contributed by atoms with Gasteiger partial charge in [0.15, 0.2) is 0 Å². The minimum Gasteiger partial charge on any atom is -0.496 e. The summed E-state index contributed by atoms with van der Waals surface area (Å²) in [6, 6.07) is 6.29. The molecule has 0 fully saturated rings. The van der Waals surface area contributed by atoms with Crippen LogP contribution in [0, 0.1) is 0 Å². The third-order valence-electron chi connectivity index (χ3n) is 3.03. The summed E-state index contributed by atoms with van der Waals surface area (Å²) in [5.74, 6) is 1.97. The molecule has 90 valence electrons. The van der Waals surface area contributed by atoms with E-state index in [-0.39, 0.29) is 0 Å². The van der Waals surface area contributed by atoms with E-state index in [2.05, 4.69) is 32.9 Å². The van der Waals surface area contributed by atoms with Gasteiger partial charge in [0, 0.05) is 5.56 Å². The zero-order valence-corrected chi connectivity index (χ0v) is 10.8. The molecule has 1 aromatic carbocycles. The van der Waals surface area contributed by atoms with Crippen LogP contribution in [0.1, 0.15) is 50.2 Å². The van der Waals surface area contributed by atoms with Crippen LogP contribution in [0.3, 0.4) is 0 Å². The summed E-state index contributed by atoms with van der Waals surface area (Å²) in [5, 5.41) is 0. The topological polar surface area (TPSA) is 35.2 Å². The van der Waals surface area contributed by atoms with E-state index in [9.17, 15) is 0 Å². The first kappa shape index (κ1) is 13.0. The fourth-order valence-electron chi connectivity index (χ4n) is 2.19. The molecular formula is C14H23NO. The number of ether oxygens (including phenoxy) is 1. The maximum atomic E-state index is 5.63. The average Bonchev–Trinajstić information content (AvgIpc) is 2.28. The summed E-state index contributed by atoms with van der Waals surface area (Å²) in [5.41, 5.74) is 8.33. The normalized spacial score (nSPS) is 12.9. The van der Waals surface area contributed by atoms with E-state index in [1.54, 1.807) is 7.11 Å². The highest BCUT2D eigenvalue weighted by Crippen LogP contribution is 2.34. The monoisotopic (exact) mass is 221 g/mol. The van der Waals surface area contributed by atoms with Gasteiger partial charge in [-0.25, -0.2) is 0 Å². The Kier molecular flexibility index (Phi) is 4.81. The van der Waals surface area contributed by atoms with E-state index in [1.807, 2.05) is 6.07 Å². The second kappa shape index (κ2) is 5.90. The van der Waals surface area contributed by atoms with Gasteiger partial charge in [-0.3, -0.25) is 0 Å². The third kappa shape index (κ3) is 2.76. The molecule has 0 bridgehead atoms. The lowest BCUT2D eigenvalue weighted by atomic mass is 9.87. The molecule has 0 radical (unpaired) electrons. The molecule has 2 nitrogen and oxygen atoms in total. The molecule has 0 aliphatic heterocycles. The van der Waals surface area contributed by atoms with Crippen molar-refractivity contribution in [1.29, 1.82) is 0 Å². The van der Waals surface area contributed by atoms with Crippen LogP contribution >= 0.6 is 0 Å². The van der Waals surface area contributed by atoms with Crippen molar-refractivity contribution < 1.29 is 4.74 Å². The summed E-state index contributed by atoms with van der Waals surface area (Å²) in [6.45, 7) is 7.37. The van der Waals surface area contributed by atoms with Crippen molar-refractivity contribution in [2.45, 2.75) is 39.0 Å². The van der Waals surface area contributed by atoms with Gasteiger partial charge in [-0.1, -0.05) is 32.9 Å². The maximum Gasteiger partial charge on any atom is 0.122 e. The van der Waals surface area contributed by atoms with E-state index in [0.29, 0.717) is 11.8 Å². The van der Waals surface area contributed by atoms with Gasteiger partial charge in [-0.15, -0.1) is 0 Å². The van der Waals surface area contributed by atoms with Gasteiger partial charge < -0.3 is 10.5 Å². The first-order valence-corrected chi connectivity index (χ1v) is 5.98. The van der Waals surface area contributed by atoms with Gasteiger partial charge >= 0.3 is 0 Å². The first-order chi connectivity index (χ1) is 7.61. The second-order valence-electron chi connectivity index (χ2n) is 4.60. The van der Waals surface area contributed by atoms with E-state index < -0.39 is 0 Å². The Morgan fingerprint density at radius 3 is 2.44 bits per heavy atom. The predicted octanol–water partition coefficient (Wildman–Crippen LogP) is 3.27. The molecule has 0 saturated carbocycles. The van der Waals surface area contributed by atoms with Crippen LogP contribution in [0.4, 0.5) is 0 Å². The van der Waals surface area contributed by atoms with Gasteiger partial charge in [0.25, 0.3) is 0 Å². The molecule has 0 heterocycles. The summed E-state index contributed by atoms with van der Waals surface area (Å²) < 4.78 is 5.44. The summed E-state index contributed by atoms with van der Waals surface area (Å²) in [6.07, 6.45) is 1.02. The molecule has 2 N–H and O–H groups in total. The lowest BCUT2D eigenvalue weighted by molar-refractivity contribution is 0.406. The number of hydrogen-bond acceptors (Lipinski definition) is 2. The molecule has 0 aromatic heterocycles. The lowest BCUT2D eigenvalue weighted by Gasteiger charge is -2.21. The quantitative estimate of drug-likeness (QED) is 0.828. The molecule has 0 spiro atoms. The minimum absolute atomic E-state index is 0.478. The summed E-state index contributed by atoms with van der Waals surface area (Å²) in [4.78, 5) is 0. The Morgan fingerprint density at radius 2 is 1.94 bits per heavy atom. The molecule has 1 aromatic rings. The van der Waals surface area contributed by atoms with Crippen molar-refractivity contribution in [3.05, 3.63) is 29.3 Å². The van der Waals surface area contributed by atoms with Gasteiger partial charge in [-0.05, 0) is 36.4 Å². The molecule has 0 amide bonds. The fourth-order valence-corrected chi connectivity index (χ4v) is 2.19.